The minimum absolute atomic E-state index is 0.0991. The van der Waals surface area contributed by atoms with Gasteiger partial charge in [0.25, 0.3) is 5.69 Å². The third kappa shape index (κ3) is 2.21. The highest BCUT2D eigenvalue weighted by Gasteiger charge is 2.27. The Morgan fingerprint density at radius 3 is 2.83 bits per heavy atom. The Labute approximate surface area is 139 Å². The molecule has 0 radical (unpaired) electrons. The largest absolute Gasteiger partial charge is 0.367 e. The molecule has 4 rings (SSSR count). The maximum Gasteiger partial charge on any atom is 0.278 e. The molecule has 0 amide bonds. The number of hydrogen-bond donors (Lipinski definition) is 0. The summed E-state index contributed by atoms with van der Waals surface area (Å²) >= 11 is 0. The molecule has 0 saturated heterocycles. The molecule has 0 fully saturated rings. The Morgan fingerprint density at radius 1 is 1.17 bits per heavy atom. The normalized spacial score (nSPS) is 16.1. The van der Waals surface area contributed by atoms with Crippen LogP contribution in [0.3, 0.4) is 0 Å². The molecule has 0 aliphatic heterocycles. The van der Waals surface area contributed by atoms with E-state index in [1.807, 2.05) is 12.1 Å². The molecular weight excluding hydrogens is 302 g/mol. The summed E-state index contributed by atoms with van der Waals surface area (Å²) in [5, 5.41) is 12.7. The summed E-state index contributed by atoms with van der Waals surface area (Å²) in [5.74, 6) is 0. The van der Waals surface area contributed by atoms with Crippen molar-refractivity contribution in [3.8, 4) is 0 Å². The van der Waals surface area contributed by atoms with Crippen LogP contribution >= 0.6 is 0 Å². The molecule has 0 N–H and O–H groups in total. The Bertz CT molecular complexity index is 939. The fourth-order valence-corrected chi connectivity index (χ4v) is 3.73. The first-order valence-corrected chi connectivity index (χ1v) is 7.98. The zero-order valence-corrected chi connectivity index (χ0v) is 13.3. The van der Waals surface area contributed by atoms with E-state index in [0.29, 0.717) is 11.4 Å². The van der Waals surface area contributed by atoms with E-state index in [1.54, 1.807) is 18.5 Å². The molecule has 5 heteroatoms. The molecule has 1 aliphatic carbocycles. The molecule has 5 nitrogen and oxygen atoms in total. The van der Waals surface area contributed by atoms with Crippen LogP contribution < -0.4 is 4.90 Å². The number of benzene rings is 2. The molecule has 1 aliphatic rings. The summed E-state index contributed by atoms with van der Waals surface area (Å²) in [6.07, 6.45) is 5.39. The summed E-state index contributed by atoms with van der Waals surface area (Å²) in [5.41, 5.74) is 3.84. The maximum atomic E-state index is 11.3. The molecule has 0 spiro atoms. The van der Waals surface area contributed by atoms with E-state index >= 15 is 0 Å². The molecule has 1 aromatic heterocycles. The van der Waals surface area contributed by atoms with Crippen LogP contribution in [0.15, 0.2) is 54.9 Å². The van der Waals surface area contributed by atoms with Crippen LogP contribution in [0.5, 0.6) is 0 Å². The second-order valence-electron chi connectivity index (χ2n) is 6.15. The first-order valence-electron chi connectivity index (χ1n) is 7.98. The molecule has 1 unspecified atom stereocenters. The Morgan fingerprint density at radius 2 is 2.00 bits per heavy atom. The third-order valence-electron chi connectivity index (χ3n) is 4.92. The van der Waals surface area contributed by atoms with Crippen LogP contribution in [0.4, 0.5) is 11.4 Å². The van der Waals surface area contributed by atoms with Crippen molar-refractivity contribution >= 4 is 22.1 Å². The molecule has 0 saturated carbocycles. The van der Waals surface area contributed by atoms with Gasteiger partial charge in [-0.15, -0.1) is 0 Å². The second-order valence-corrected chi connectivity index (χ2v) is 6.15. The Balaban J connectivity index is 1.83. The topological polar surface area (TPSA) is 59.3 Å². The standard InChI is InChI=1S/C19H17N3O2/c1-21(17-7-6-13-4-2-3-5-14(13)17)18-8-9-19(22(23)24)16-12-20-11-10-15(16)18/h2-5,8-12,17H,6-7H2,1H3. The summed E-state index contributed by atoms with van der Waals surface area (Å²) in [4.78, 5) is 17.2. The Hall–Kier alpha value is -2.95. The average molecular weight is 319 g/mol. The van der Waals surface area contributed by atoms with Crippen LogP contribution in [-0.2, 0) is 6.42 Å². The highest BCUT2D eigenvalue weighted by molar-refractivity contribution is 5.99. The third-order valence-corrected chi connectivity index (χ3v) is 4.92. The van der Waals surface area contributed by atoms with Crippen molar-refractivity contribution < 1.29 is 4.92 Å². The summed E-state index contributed by atoms with van der Waals surface area (Å²) in [6.45, 7) is 0. The van der Waals surface area contributed by atoms with Gasteiger partial charge in [0.1, 0.15) is 0 Å². The summed E-state index contributed by atoms with van der Waals surface area (Å²) in [6, 6.07) is 14.1. The van der Waals surface area contributed by atoms with Crippen molar-refractivity contribution in [1.29, 1.82) is 0 Å². The molecule has 3 aromatic rings. The Kier molecular flexibility index (Phi) is 3.41. The first kappa shape index (κ1) is 14.6. The number of hydrogen-bond acceptors (Lipinski definition) is 4. The van der Waals surface area contributed by atoms with Crippen molar-refractivity contribution in [1.82, 2.24) is 4.98 Å². The number of rotatable bonds is 3. The molecule has 0 bridgehead atoms. The molecule has 1 heterocycles. The van der Waals surface area contributed by atoms with Gasteiger partial charge in [-0.2, -0.15) is 0 Å². The molecular formula is C19H17N3O2. The highest BCUT2D eigenvalue weighted by atomic mass is 16.6. The number of aromatic nitrogens is 1. The van der Waals surface area contributed by atoms with Crippen LogP contribution in [0.1, 0.15) is 23.6 Å². The van der Waals surface area contributed by atoms with Crippen LogP contribution in [0, 0.1) is 10.1 Å². The van der Waals surface area contributed by atoms with Gasteiger partial charge < -0.3 is 4.90 Å². The van der Waals surface area contributed by atoms with Crippen LogP contribution in [-0.4, -0.2) is 17.0 Å². The van der Waals surface area contributed by atoms with E-state index in [0.717, 1.165) is 23.9 Å². The quantitative estimate of drug-likeness (QED) is 0.534. The SMILES string of the molecule is CN(c1ccc([N+](=O)[O-])c2cnccc12)C1CCc2ccccc21. The van der Waals surface area contributed by atoms with Gasteiger partial charge in [-0.3, -0.25) is 15.1 Å². The van der Waals surface area contributed by atoms with E-state index < -0.39 is 0 Å². The lowest BCUT2D eigenvalue weighted by Crippen LogP contribution is -2.22. The zero-order valence-electron chi connectivity index (χ0n) is 13.3. The van der Waals surface area contributed by atoms with E-state index in [9.17, 15) is 10.1 Å². The smallest absolute Gasteiger partial charge is 0.278 e. The van der Waals surface area contributed by atoms with Crippen molar-refractivity contribution in [3.05, 3.63) is 76.1 Å². The number of non-ortho nitro benzene ring substituents is 1. The van der Waals surface area contributed by atoms with E-state index in [-0.39, 0.29) is 10.6 Å². The van der Waals surface area contributed by atoms with E-state index in [2.05, 4.69) is 41.2 Å². The highest BCUT2D eigenvalue weighted by Crippen LogP contribution is 2.40. The van der Waals surface area contributed by atoms with Gasteiger partial charge in [0.05, 0.1) is 16.4 Å². The number of nitro groups is 1. The predicted octanol–water partition coefficient (Wildman–Crippen LogP) is 4.27. The molecule has 2 aromatic carbocycles. The van der Waals surface area contributed by atoms with Crippen LogP contribution in [0.2, 0.25) is 0 Å². The number of aryl methyl sites for hydroxylation is 1. The minimum atomic E-state index is -0.349. The summed E-state index contributed by atoms with van der Waals surface area (Å²) < 4.78 is 0. The van der Waals surface area contributed by atoms with Gasteiger partial charge in [0.15, 0.2) is 0 Å². The summed E-state index contributed by atoms with van der Waals surface area (Å²) in [7, 11) is 2.06. The second kappa shape index (κ2) is 5.60. The van der Waals surface area contributed by atoms with Gasteiger partial charge >= 0.3 is 0 Å². The molecule has 120 valence electrons. The van der Waals surface area contributed by atoms with Crippen molar-refractivity contribution in [2.45, 2.75) is 18.9 Å². The monoisotopic (exact) mass is 319 g/mol. The van der Waals surface area contributed by atoms with E-state index in [4.69, 9.17) is 0 Å². The van der Waals surface area contributed by atoms with Crippen molar-refractivity contribution in [2.24, 2.45) is 0 Å². The lowest BCUT2D eigenvalue weighted by atomic mass is 10.0. The number of nitro benzene ring substituents is 1. The first-order chi connectivity index (χ1) is 11.7. The van der Waals surface area contributed by atoms with Crippen molar-refractivity contribution in [3.63, 3.8) is 0 Å². The van der Waals surface area contributed by atoms with Crippen LogP contribution in [0.25, 0.3) is 10.8 Å². The zero-order chi connectivity index (χ0) is 16.7. The van der Waals surface area contributed by atoms with Crippen molar-refractivity contribution in [2.75, 3.05) is 11.9 Å². The fourth-order valence-electron chi connectivity index (χ4n) is 3.73. The number of nitrogens with zero attached hydrogens (tertiary/aromatic N) is 3. The number of fused-ring (bicyclic) bond motifs is 2. The van der Waals surface area contributed by atoms with Gasteiger partial charge in [0.2, 0.25) is 0 Å². The molecule has 24 heavy (non-hydrogen) atoms. The number of anilines is 1. The lowest BCUT2D eigenvalue weighted by Gasteiger charge is -2.28. The molecule has 1 atom stereocenters. The van der Waals surface area contributed by atoms with Gasteiger partial charge in [-0.1, -0.05) is 24.3 Å². The van der Waals surface area contributed by atoms with Gasteiger partial charge in [-0.25, -0.2) is 0 Å². The lowest BCUT2D eigenvalue weighted by molar-refractivity contribution is -0.383. The van der Waals surface area contributed by atoms with Gasteiger partial charge in [-0.05, 0) is 36.1 Å². The fraction of sp³-hybridized carbons (Fsp3) is 0.211. The average Bonchev–Trinajstić information content (AvgIpc) is 3.04. The number of pyridine rings is 1. The predicted molar refractivity (Wildman–Crippen MR) is 94.3 cm³/mol. The van der Waals surface area contributed by atoms with E-state index in [1.165, 1.54) is 11.1 Å². The van der Waals surface area contributed by atoms with Gasteiger partial charge in [0, 0.05) is 36.6 Å². The minimum Gasteiger partial charge on any atom is -0.367 e. The maximum absolute atomic E-state index is 11.3.